The lowest BCUT2D eigenvalue weighted by Gasteiger charge is -2.32. The minimum atomic E-state index is 0.421. The summed E-state index contributed by atoms with van der Waals surface area (Å²) in [7, 11) is 0. The van der Waals surface area contributed by atoms with E-state index in [0.717, 1.165) is 32.4 Å². The van der Waals surface area contributed by atoms with E-state index in [2.05, 4.69) is 41.3 Å². The van der Waals surface area contributed by atoms with Gasteiger partial charge in [0.25, 0.3) is 0 Å². The summed E-state index contributed by atoms with van der Waals surface area (Å²) in [5.74, 6) is 0.421. The van der Waals surface area contributed by atoms with Crippen molar-refractivity contribution in [2.24, 2.45) is 0 Å². The van der Waals surface area contributed by atoms with Crippen LogP contribution in [0.15, 0.2) is 36.4 Å². The van der Waals surface area contributed by atoms with Crippen LogP contribution in [0.4, 0.5) is 0 Å². The Morgan fingerprint density at radius 3 is 2.53 bits per heavy atom. The molecule has 2 aromatic rings. The van der Waals surface area contributed by atoms with Crippen molar-refractivity contribution in [1.82, 2.24) is 4.90 Å². The number of benzene rings is 2. The highest BCUT2D eigenvalue weighted by Gasteiger charge is 2.30. The molecule has 0 saturated carbocycles. The van der Waals surface area contributed by atoms with E-state index in [9.17, 15) is 4.79 Å². The summed E-state index contributed by atoms with van der Waals surface area (Å²) in [5.41, 5.74) is 2.93. The molecule has 1 fully saturated rings. The lowest BCUT2D eigenvalue weighted by atomic mass is 10.0. The fourth-order valence-electron chi connectivity index (χ4n) is 3.63. The zero-order valence-electron chi connectivity index (χ0n) is 10.9. The Morgan fingerprint density at radius 1 is 1.00 bits per heavy atom. The predicted octanol–water partition coefficient (Wildman–Crippen LogP) is 3.10. The quantitative estimate of drug-likeness (QED) is 0.776. The average molecular weight is 251 g/mol. The Hall–Kier alpha value is -1.67. The van der Waals surface area contributed by atoms with Crippen molar-refractivity contribution in [3.05, 3.63) is 47.5 Å². The van der Waals surface area contributed by atoms with Crippen LogP contribution in [-0.4, -0.2) is 23.8 Å². The molecule has 0 unspecified atom stereocenters. The van der Waals surface area contributed by atoms with Crippen LogP contribution >= 0.6 is 0 Å². The number of carbonyl (C=O) groups excluding carboxylic acids is 1. The molecule has 1 aliphatic heterocycles. The van der Waals surface area contributed by atoms with Crippen LogP contribution in [0.1, 0.15) is 30.0 Å². The highest BCUT2D eigenvalue weighted by molar-refractivity contribution is 5.91. The summed E-state index contributed by atoms with van der Waals surface area (Å²) < 4.78 is 0. The molecule has 2 nitrogen and oxygen atoms in total. The number of carbonyl (C=O) groups is 1. The zero-order chi connectivity index (χ0) is 12.8. The Kier molecular flexibility index (Phi) is 2.46. The maximum atomic E-state index is 11.4. The number of hydrogen-bond donors (Lipinski definition) is 0. The van der Waals surface area contributed by atoms with E-state index in [1.165, 1.54) is 21.9 Å². The minimum Gasteiger partial charge on any atom is -0.300 e. The Labute approximate surface area is 113 Å². The van der Waals surface area contributed by atoms with Crippen molar-refractivity contribution in [1.29, 1.82) is 0 Å². The summed E-state index contributed by atoms with van der Waals surface area (Å²) in [6, 6.07) is 13.7. The maximum Gasteiger partial charge on any atom is 0.135 e. The van der Waals surface area contributed by atoms with Gasteiger partial charge < -0.3 is 0 Å². The molecule has 2 aliphatic rings. The van der Waals surface area contributed by atoms with Crippen LogP contribution in [0.3, 0.4) is 0 Å². The van der Waals surface area contributed by atoms with E-state index in [-0.39, 0.29) is 0 Å². The zero-order valence-corrected chi connectivity index (χ0v) is 10.9. The first kappa shape index (κ1) is 11.2. The van der Waals surface area contributed by atoms with Crippen LogP contribution < -0.4 is 0 Å². The van der Waals surface area contributed by atoms with Gasteiger partial charge in [-0.1, -0.05) is 36.4 Å². The molecule has 0 bridgehead atoms. The van der Waals surface area contributed by atoms with E-state index < -0.39 is 0 Å². The van der Waals surface area contributed by atoms with Gasteiger partial charge in [-0.05, 0) is 28.3 Å². The number of piperidine rings is 1. The fourth-order valence-corrected chi connectivity index (χ4v) is 3.63. The number of rotatable bonds is 1. The third-order valence-corrected chi connectivity index (χ3v) is 4.59. The smallest absolute Gasteiger partial charge is 0.135 e. The van der Waals surface area contributed by atoms with Gasteiger partial charge in [-0.25, -0.2) is 0 Å². The largest absolute Gasteiger partial charge is 0.300 e. The summed E-state index contributed by atoms with van der Waals surface area (Å²) >= 11 is 0. The van der Waals surface area contributed by atoms with Gasteiger partial charge in [0.15, 0.2) is 0 Å². The van der Waals surface area contributed by atoms with Gasteiger partial charge in [0.1, 0.15) is 5.78 Å². The van der Waals surface area contributed by atoms with Crippen molar-refractivity contribution in [3.8, 4) is 0 Å². The second kappa shape index (κ2) is 4.17. The SMILES string of the molecule is O=C1CCN([C@@H]2Cc3cccc4cccc2c34)CC1. The molecule has 1 atom stereocenters. The highest BCUT2D eigenvalue weighted by Crippen LogP contribution is 2.40. The molecular formula is C17H17NO. The van der Waals surface area contributed by atoms with Gasteiger partial charge in [0.2, 0.25) is 0 Å². The van der Waals surface area contributed by atoms with Gasteiger partial charge >= 0.3 is 0 Å². The molecule has 0 radical (unpaired) electrons. The highest BCUT2D eigenvalue weighted by atomic mass is 16.1. The molecule has 1 saturated heterocycles. The van der Waals surface area contributed by atoms with Gasteiger partial charge in [-0.15, -0.1) is 0 Å². The monoisotopic (exact) mass is 251 g/mol. The van der Waals surface area contributed by atoms with Crippen molar-refractivity contribution in [3.63, 3.8) is 0 Å². The maximum absolute atomic E-state index is 11.4. The van der Waals surface area contributed by atoms with Gasteiger partial charge in [-0.3, -0.25) is 9.69 Å². The first-order chi connectivity index (χ1) is 9.33. The van der Waals surface area contributed by atoms with Crippen LogP contribution in [0.25, 0.3) is 10.8 Å². The number of nitrogens with zero attached hydrogens (tertiary/aromatic N) is 1. The van der Waals surface area contributed by atoms with E-state index in [1.54, 1.807) is 0 Å². The van der Waals surface area contributed by atoms with Crippen LogP contribution in [0, 0.1) is 0 Å². The van der Waals surface area contributed by atoms with Crippen LogP contribution in [-0.2, 0) is 11.2 Å². The molecule has 1 aliphatic carbocycles. The number of ketones is 1. The van der Waals surface area contributed by atoms with E-state index in [1.807, 2.05) is 0 Å². The fraction of sp³-hybridized carbons (Fsp3) is 0.353. The summed E-state index contributed by atoms with van der Waals surface area (Å²) in [6.07, 6.45) is 2.55. The molecule has 19 heavy (non-hydrogen) atoms. The normalized spacial score (nSPS) is 23.2. The van der Waals surface area contributed by atoms with Crippen molar-refractivity contribution in [2.45, 2.75) is 25.3 Å². The van der Waals surface area contributed by atoms with Crippen molar-refractivity contribution < 1.29 is 4.79 Å². The molecule has 1 heterocycles. The van der Waals surface area contributed by atoms with E-state index in [4.69, 9.17) is 0 Å². The molecule has 96 valence electrons. The summed E-state index contributed by atoms with van der Waals surface area (Å²) in [5, 5.41) is 2.80. The predicted molar refractivity (Wildman–Crippen MR) is 76.2 cm³/mol. The van der Waals surface area contributed by atoms with Gasteiger partial charge in [-0.2, -0.15) is 0 Å². The third kappa shape index (κ3) is 1.71. The lowest BCUT2D eigenvalue weighted by molar-refractivity contribution is -0.121. The molecule has 0 amide bonds. The second-order valence-electron chi connectivity index (χ2n) is 5.66. The summed E-state index contributed by atoms with van der Waals surface area (Å²) in [4.78, 5) is 13.9. The molecule has 2 aromatic carbocycles. The second-order valence-corrected chi connectivity index (χ2v) is 5.66. The van der Waals surface area contributed by atoms with E-state index >= 15 is 0 Å². The third-order valence-electron chi connectivity index (χ3n) is 4.59. The lowest BCUT2D eigenvalue weighted by Crippen LogP contribution is -2.36. The first-order valence-corrected chi connectivity index (χ1v) is 7.09. The molecule has 2 heteroatoms. The Bertz CT molecular complexity index is 646. The van der Waals surface area contributed by atoms with Crippen molar-refractivity contribution >= 4 is 16.6 Å². The Morgan fingerprint density at radius 2 is 1.74 bits per heavy atom. The molecule has 0 N–H and O–H groups in total. The van der Waals surface area contributed by atoms with E-state index in [0.29, 0.717) is 11.8 Å². The van der Waals surface area contributed by atoms with Crippen molar-refractivity contribution in [2.75, 3.05) is 13.1 Å². The van der Waals surface area contributed by atoms with Gasteiger partial charge in [0, 0.05) is 32.0 Å². The minimum absolute atomic E-state index is 0.421. The van der Waals surface area contributed by atoms with Crippen LogP contribution in [0.5, 0.6) is 0 Å². The standard InChI is InChI=1S/C17H17NO/c19-14-7-9-18(10-8-14)16-11-13-5-1-3-12-4-2-6-15(16)17(12)13/h1-6,16H,7-11H2/t16-/m1/s1. The molecule has 4 rings (SSSR count). The Balaban J connectivity index is 1.75. The van der Waals surface area contributed by atoms with Gasteiger partial charge in [0.05, 0.1) is 0 Å². The molecule has 0 spiro atoms. The average Bonchev–Trinajstić information content (AvgIpc) is 2.82. The summed E-state index contributed by atoms with van der Waals surface area (Å²) in [6.45, 7) is 1.85. The topological polar surface area (TPSA) is 20.3 Å². The molecule has 0 aromatic heterocycles. The first-order valence-electron chi connectivity index (χ1n) is 7.09. The number of hydrogen-bond acceptors (Lipinski definition) is 2. The molecular weight excluding hydrogens is 234 g/mol. The number of Topliss-reactive ketones (excluding diaryl/α,β-unsaturated/α-hetero) is 1. The van der Waals surface area contributed by atoms with Crippen LogP contribution in [0.2, 0.25) is 0 Å². The number of likely N-dealkylation sites (tertiary alicyclic amines) is 1.